The molecule has 1 aliphatic heterocycles. The topological polar surface area (TPSA) is 63.7 Å². The van der Waals surface area contributed by atoms with Crippen LogP contribution >= 0.6 is 0 Å². The minimum Gasteiger partial charge on any atom is -0.487 e. The van der Waals surface area contributed by atoms with Crippen molar-refractivity contribution in [3.63, 3.8) is 0 Å². The standard InChI is InChI=1S/C15H23N3O3/c1-11(2)21-13-5-4-6-16-14(13)17-12(3)15(19)18-7-9-20-10-8-18/h4-6,11-12H,7-10H2,1-3H3,(H,16,17). The molecule has 6 nitrogen and oxygen atoms in total. The van der Waals surface area contributed by atoms with Gasteiger partial charge in [0.05, 0.1) is 19.3 Å². The second-order valence-electron chi connectivity index (χ2n) is 5.32. The number of anilines is 1. The zero-order valence-electron chi connectivity index (χ0n) is 12.8. The minimum absolute atomic E-state index is 0.0550. The Labute approximate surface area is 125 Å². The molecule has 116 valence electrons. The number of aromatic nitrogens is 1. The predicted molar refractivity (Wildman–Crippen MR) is 80.5 cm³/mol. The van der Waals surface area contributed by atoms with Gasteiger partial charge < -0.3 is 19.7 Å². The van der Waals surface area contributed by atoms with Crippen LogP contribution in [-0.4, -0.2) is 54.2 Å². The van der Waals surface area contributed by atoms with Crippen LogP contribution in [0.15, 0.2) is 18.3 Å². The summed E-state index contributed by atoms with van der Waals surface area (Å²) in [6.07, 6.45) is 1.74. The molecule has 1 aromatic heterocycles. The fourth-order valence-corrected chi connectivity index (χ4v) is 2.17. The highest BCUT2D eigenvalue weighted by molar-refractivity contribution is 5.84. The van der Waals surface area contributed by atoms with Gasteiger partial charge in [-0.05, 0) is 32.9 Å². The van der Waals surface area contributed by atoms with Crippen molar-refractivity contribution in [3.05, 3.63) is 18.3 Å². The summed E-state index contributed by atoms with van der Waals surface area (Å²) in [6, 6.07) is 3.31. The van der Waals surface area contributed by atoms with Crippen LogP contribution in [0.25, 0.3) is 0 Å². The Bertz CT molecular complexity index is 473. The first-order valence-electron chi connectivity index (χ1n) is 7.32. The molecule has 1 saturated heterocycles. The number of pyridine rings is 1. The maximum atomic E-state index is 12.4. The number of amides is 1. The molecule has 0 aliphatic carbocycles. The van der Waals surface area contributed by atoms with Crippen LogP contribution in [0.2, 0.25) is 0 Å². The van der Waals surface area contributed by atoms with Crippen LogP contribution in [0.5, 0.6) is 5.75 Å². The zero-order valence-corrected chi connectivity index (χ0v) is 12.8. The van der Waals surface area contributed by atoms with Crippen molar-refractivity contribution in [1.82, 2.24) is 9.88 Å². The quantitative estimate of drug-likeness (QED) is 0.892. The van der Waals surface area contributed by atoms with Gasteiger partial charge in [-0.15, -0.1) is 0 Å². The summed E-state index contributed by atoms with van der Waals surface area (Å²) in [7, 11) is 0. The van der Waals surface area contributed by atoms with Gasteiger partial charge in [-0.2, -0.15) is 0 Å². The SMILES string of the molecule is CC(C)Oc1cccnc1NC(C)C(=O)N1CCOCC1. The molecule has 0 bridgehead atoms. The van der Waals surface area contributed by atoms with E-state index in [2.05, 4.69) is 10.3 Å². The maximum absolute atomic E-state index is 12.4. The second kappa shape index (κ2) is 7.26. The van der Waals surface area contributed by atoms with Crippen molar-refractivity contribution >= 4 is 11.7 Å². The Morgan fingerprint density at radius 1 is 1.38 bits per heavy atom. The van der Waals surface area contributed by atoms with E-state index in [0.717, 1.165) is 0 Å². The lowest BCUT2D eigenvalue weighted by molar-refractivity contribution is -0.135. The average Bonchev–Trinajstić information content (AvgIpc) is 2.49. The lowest BCUT2D eigenvalue weighted by Crippen LogP contribution is -2.47. The number of carbonyl (C=O) groups is 1. The molecule has 6 heteroatoms. The van der Waals surface area contributed by atoms with Gasteiger partial charge in [0.25, 0.3) is 0 Å². The molecule has 0 radical (unpaired) electrons. The van der Waals surface area contributed by atoms with Crippen LogP contribution in [-0.2, 0) is 9.53 Å². The van der Waals surface area contributed by atoms with Crippen LogP contribution in [0.4, 0.5) is 5.82 Å². The number of nitrogens with zero attached hydrogens (tertiary/aromatic N) is 2. The van der Waals surface area contributed by atoms with Gasteiger partial charge in [0.15, 0.2) is 11.6 Å². The Hall–Kier alpha value is -1.82. The molecule has 1 unspecified atom stereocenters. The van der Waals surface area contributed by atoms with E-state index in [1.807, 2.05) is 37.8 Å². The summed E-state index contributed by atoms with van der Waals surface area (Å²) < 4.78 is 11.0. The number of morpholine rings is 1. The van der Waals surface area contributed by atoms with E-state index < -0.39 is 0 Å². The first-order chi connectivity index (χ1) is 10.1. The highest BCUT2D eigenvalue weighted by Crippen LogP contribution is 2.23. The first kappa shape index (κ1) is 15.6. The van der Waals surface area contributed by atoms with Gasteiger partial charge in [0.1, 0.15) is 6.04 Å². The monoisotopic (exact) mass is 293 g/mol. The number of rotatable bonds is 5. The summed E-state index contributed by atoms with van der Waals surface area (Å²) in [5, 5.41) is 3.14. The lowest BCUT2D eigenvalue weighted by atomic mass is 10.2. The van der Waals surface area contributed by atoms with Crippen molar-refractivity contribution < 1.29 is 14.3 Å². The molecule has 1 aliphatic rings. The van der Waals surface area contributed by atoms with Gasteiger partial charge in [0.2, 0.25) is 5.91 Å². The summed E-state index contributed by atoms with van der Waals surface area (Å²) in [5.74, 6) is 1.31. The van der Waals surface area contributed by atoms with E-state index in [4.69, 9.17) is 9.47 Å². The van der Waals surface area contributed by atoms with Crippen LogP contribution < -0.4 is 10.1 Å². The normalized spacial score (nSPS) is 16.7. The molecule has 21 heavy (non-hydrogen) atoms. The highest BCUT2D eigenvalue weighted by Gasteiger charge is 2.23. The molecule has 0 saturated carbocycles. The van der Waals surface area contributed by atoms with Gasteiger partial charge in [-0.25, -0.2) is 4.98 Å². The van der Waals surface area contributed by atoms with Crippen molar-refractivity contribution in [2.75, 3.05) is 31.6 Å². The zero-order chi connectivity index (χ0) is 15.2. The number of nitrogens with one attached hydrogen (secondary N) is 1. The third kappa shape index (κ3) is 4.32. The second-order valence-corrected chi connectivity index (χ2v) is 5.32. The van der Waals surface area contributed by atoms with Crippen molar-refractivity contribution in [2.45, 2.75) is 32.9 Å². The molecule has 2 heterocycles. The first-order valence-corrected chi connectivity index (χ1v) is 7.32. The van der Waals surface area contributed by atoms with E-state index >= 15 is 0 Å². The molecular formula is C15H23N3O3. The summed E-state index contributed by atoms with van der Waals surface area (Å²) in [6.45, 7) is 8.24. The van der Waals surface area contributed by atoms with Crippen molar-refractivity contribution in [1.29, 1.82) is 0 Å². The van der Waals surface area contributed by atoms with Gasteiger partial charge >= 0.3 is 0 Å². The van der Waals surface area contributed by atoms with Crippen LogP contribution in [0.1, 0.15) is 20.8 Å². The number of ether oxygens (including phenoxy) is 2. The Kier molecular flexibility index (Phi) is 5.38. The molecule has 0 aromatic carbocycles. The number of hydrogen-bond acceptors (Lipinski definition) is 5. The van der Waals surface area contributed by atoms with E-state index in [-0.39, 0.29) is 18.1 Å². The highest BCUT2D eigenvalue weighted by atomic mass is 16.5. The fraction of sp³-hybridized carbons (Fsp3) is 0.600. The van der Waals surface area contributed by atoms with E-state index in [0.29, 0.717) is 37.9 Å². The fourth-order valence-electron chi connectivity index (χ4n) is 2.17. The predicted octanol–water partition coefficient (Wildman–Crippen LogP) is 1.53. The number of hydrogen-bond donors (Lipinski definition) is 1. The summed E-state index contributed by atoms with van der Waals surface area (Å²) >= 11 is 0. The molecule has 1 atom stereocenters. The van der Waals surface area contributed by atoms with Gasteiger partial charge in [-0.3, -0.25) is 4.79 Å². The van der Waals surface area contributed by atoms with Gasteiger partial charge in [0, 0.05) is 19.3 Å². The van der Waals surface area contributed by atoms with Gasteiger partial charge in [-0.1, -0.05) is 0 Å². The average molecular weight is 293 g/mol. The van der Waals surface area contributed by atoms with E-state index in [1.54, 1.807) is 6.20 Å². The maximum Gasteiger partial charge on any atom is 0.244 e. The van der Waals surface area contributed by atoms with E-state index in [1.165, 1.54) is 0 Å². The Balaban J connectivity index is 2.01. The van der Waals surface area contributed by atoms with Crippen LogP contribution in [0.3, 0.4) is 0 Å². The third-order valence-electron chi connectivity index (χ3n) is 3.18. The largest absolute Gasteiger partial charge is 0.487 e. The molecule has 1 N–H and O–H groups in total. The summed E-state index contributed by atoms with van der Waals surface area (Å²) in [4.78, 5) is 18.5. The Morgan fingerprint density at radius 3 is 2.76 bits per heavy atom. The van der Waals surface area contributed by atoms with Crippen LogP contribution in [0, 0.1) is 0 Å². The smallest absolute Gasteiger partial charge is 0.244 e. The molecule has 1 fully saturated rings. The molecular weight excluding hydrogens is 270 g/mol. The third-order valence-corrected chi connectivity index (χ3v) is 3.18. The molecule has 0 spiro atoms. The van der Waals surface area contributed by atoms with Crippen molar-refractivity contribution in [3.8, 4) is 5.75 Å². The van der Waals surface area contributed by atoms with Crippen molar-refractivity contribution in [2.24, 2.45) is 0 Å². The Morgan fingerprint density at radius 2 is 2.10 bits per heavy atom. The lowest BCUT2D eigenvalue weighted by Gasteiger charge is -2.29. The molecule has 1 amide bonds. The number of carbonyl (C=O) groups excluding carboxylic acids is 1. The molecule has 1 aromatic rings. The summed E-state index contributed by atoms with van der Waals surface area (Å²) in [5.41, 5.74) is 0. The molecule has 2 rings (SSSR count). The minimum atomic E-state index is -0.354. The van der Waals surface area contributed by atoms with E-state index in [9.17, 15) is 4.79 Å².